The lowest BCUT2D eigenvalue weighted by Gasteiger charge is -2.26. The third kappa shape index (κ3) is 34.5. The van der Waals surface area contributed by atoms with Gasteiger partial charge in [-0.15, -0.1) is 0 Å². The fourth-order valence-corrected chi connectivity index (χ4v) is 5.53. The van der Waals surface area contributed by atoms with Gasteiger partial charge in [0.05, 0.1) is 40.3 Å². The molecule has 9 heteroatoms. The van der Waals surface area contributed by atoms with Crippen molar-refractivity contribution in [3.05, 3.63) is 12.2 Å². The van der Waals surface area contributed by atoms with E-state index in [-0.39, 0.29) is 32.2 Å². The van der Waals surface area contributed by atoms with Gasteiger partial charge in [0.25, 0.3) is 0 Å². The molecule has 0 spiro atoms. The number of hydrogen-bond donors (Lipinski definition) is 0. The molecule has 0 bridgehead atoms. The molecule has 2 unspecified atom stereocenters. The van der Waals surface area contributed by atoms with Crippen molar-refractivity contribution in [1.29, 1.82) is 0 Å². The standard InChI is InChI=1S/C41H77NO8/c1-6-8-10-12-14-15-16-17-18-19-20-21-22-23-24-26-28-30-32-39(44)50-37(35-48-38(43)31-29-27-25-13-11-9-7-2)36-49-41(40(45)46)47-34-33-42(3,4)5/h18-19,37,41H,6-17,20-36H2,1-5H3/b19-18-. The Morgan fingerprint density at radius 3 is 1.48 bits per heavy atom. The zero-order valence-corrected chi connectivity index (χ0v) is 33.0. The van der Waals surface area contributed by atoms with E-state index in [0.717, 1.165) is 44.9 Å². The number of carboxylic acid groups (broad SMARTS) is 1. The van der Waals surface area contributed by atoms with E-state index in [1.165, 1.54) is 96.3 Å². The molecule has 0 aliphatic heterocycles. The number of hydrogen-bond acceptors (Lipinski definition) is 8. The van der Waals surface area contributed by atoms with Crippen LogP contribution in [0.5, 0.6) is 0 Å². The number of carbonyl (C=O) groups is 3. The average molecular weight is 712 g/mol. The normalized spacial score (nSPS) is 13.1. The van der Waals surface area contributed by atoms with Crippen molar-refractivity contribution < 1.29 is 42.9 Å². The lowest BCUT2D eigenvalue weighted by molar-refractivity contribution is -0.870. The summed E-state index contributed by atoms with van der Waals surface area (Å²) in [6.45, 7) is 4.68. The van der Waals surface area contributed by atoms with Crippen LogP contribution in [0.15, 0.2) is 12.2 Å². The number of rotatable bonds is 37. The minimum atomic E-state index is -1.61. The zero-order chi connectivity index (χ0) is 37.1. The first kappa shape index (κ1) is 48.0. The van der Waals surface area contributed by atoms with Crippen molar-refractivity contribution in [1.82, 2.24) is 0 Å². The second kappa shape index (κ2) is 34.1. The third-order valence-electron chi connectivity index (χ3n) is 8.76. The maximum absolute atomic E-state index is 12.7. The first-order chi connectivity index (χ1) is 24.1. The number of carbonyl (C=O) groups excluding carboxylic acids is 3. The van der Waals surface area contributed by atoms with E-state index in [1.807, 2.05) is 21.1 Å². The van der Waals surface area contributed by atoms with Crippen molar-refractivity contribution in [2.75, 3.05) is 47.5 Å². The number of likely N-dealkylation sites (N-methyl/N-ethyl adjacent to an activating group) is 1. The van der Waals surface area contributed by atoms with Gasteiger partial charge in [-0.05, 0) is 38.5 Å². The van der Waals surface area contributed by atoms with Crippen LogP contribution in [0.25, 0.3) is 0 Å². The van der Waals surface area contributed by atoms with Gasteiger partial charge in [-0.2, -0.15) is 0 Å². The summed E-state index contributed by atoms with van der Waals surface area (Å²) >= 11 is 0. The first-order valence-electron chi connectivity index (χ1n) is 20.3. The van der Waals surface area contributed by atoms with E-state index in [4.69, 9.17) is 18.9 Å². The predicted molar refractivity (Wildman–Crippen MR) is 200 cm³/mol. The topological polar surface area (TPSA) is 111 Å². The summed E-state index contributed by atoms with van der Waals surface area (Å²) in [6, 6.07) is 0. The fraction of sp³-hybridized carbons (Fsp3) is 0.878. The predicted octanol–water partition coefficient (Wildman–Crippen LogP) is 8.61. The number of unbranched alkanes of at least 4 members (excludes halogenated alkanes) is 20. The molecular formula is C41H77NO8. The summed E-state index contributed by atoms with van der Waals surface area (Å²) in [4.78, 5) is 36.6. The van der Waals surface area contributed by atoms with Gasteiger partial charge in [-0.25, -0.2) is 0 Å². The Kier molecular flexibility index (Phi) is 32.8. The number of esters is 2. The highest BCUT2D eigenvalue weighted by molar-refractivity contribution is 5.70. The summed E-state index contributed by atoms with van der Waals surface area (Å²) in [7, 11) is 5.90. The molecule has 0 amide bonds. The molecule has 9 nitrogen and oxygen atoms in total. The highest BCUT2D eigenvalue weighted by Crippen LogP contribution is 2.13. The van der Waals surface area contributed by atoms with Crippen molar-refractivity contribution in [2.24, 2.45) is 0 Å². The molecule has 0 heterocycles. The average Bonchev–Trinajstić information content (AvgIpc) is 3.06. The maximum Gasteiger partial charge on any atom is 0.306 e. The van der Waals surface area contributed by atoms with Gasteiger partial charge in [0.2, 0.25) is 0 Å². The Balaban J connectivity index is 4.39. The number of carboxylic acids is 1. The number of quaternary nitrogens is 1. The maximum atomic E-state index is 12.7. The van der Waals surface area contributed by atoms with E-state index in [1.54, 1.807) is 0 Å². The van der Waals surface area contributed by atoms with Crippen molar-refractivity contribution in [2.45, 2.75) is 187 Å². The quantitative estimate of drug-likeness (QED) is 0.0207. The van der Waals surface area contributed by atoms with Gasteiger partial charge in [-0.1, -0.05) is 135 Å². The van der Waals surface area contributed by atoms with Crippen LogP contribution in [-0.4, -0.2) is 82.3 Å². The highest BCUT2D eigenvalue weighted by Gasteiger charge is 2.21. The second-order valence-electron chi connectivity index (χ2n) is 14.9. The number of aliphatic carboxylic acids is 1. The molecule has 0 aromatic heterocycles. The van der Waals surface area contributed by atoms with Crippen LogP contribution in [-0.2, 0) is 33.3 Å². The molecule has 294 valence electrons. The van der Waals surface area contributed by atoms with Crippen LogP contribution in [0.3, 0.4) is 0 Å². The highest BCUT2D eigenvalue weighted by atomic mass is 16.7. The lowest BCUT2D eigenvalue weighted by atomic mass is 10.1. The summed E-state index contributed by atoms with van der Waals surface area (Å²) in [5.41, 5.74) is 0. The van der Waals surface area contributed by atoms with Gasteiger partial charge in [0.15, 0.2) is 12.4 Å². The van der Waals surface area contributed by atoms with Crippen LogP contribution < -0.4 is 5.11 Å². The Labute approximate surface area is 306 Å². The van der Waals surface area contributed by atoms with E-state index >= 15 is 0 Å². The monoisotopic (exact) mass is 712 g/mol. The van der Waals surface area contributed by atoms with Crippen LogP contribution in [0.1, 0.15) is 174 Å². The number of nitrogens with zero attached hydrogens (tertiary/aromatic N) is 1. The summed E-state index contributed by atoms with van der Waals surface area (Å²) < 4.78 is 22.4. The van der Waals surface area contributed by atoms with Gasteiger partial charge in [0.1, 0.15) is 13.2 Å². The largest absolute Gasteiger partial charge is 0.545 e. The van der Waals surface area contributed by atoms with Gasteiger partial charge in [0, 0.05) is 12.8 Å². The summed E-state index contributed by atoms with van der Waals surface area (Å²) in [6.07, 6.45) is 29.7. The molecule has 0 N–H and O–H groups in total. The van der Waals surface area contributed by atoms with Crippen LogP contribution in [0, 0.1) is 0 Å². The van der Waals surface area contributed by atoms with Crippen LogP contribution >= 0.6 is 0 Å². The van der Waals surface area contributed by atoms with E-state index < -0.39 is 24.3 Å². The van der Waals surface area contributed by atoms with E-state index in [0.29, 0.717) is 23.9 Å². The zero-order valence-electron chi connectivity index (χ0n) is 33.0. The Morgan fingerprint density at radius 2 is 1.02 bits per heavy atom. The molecule has 2 atom stereocenters. The molecule has 50 heavy (non-hydrogen) atoms. The van der Waals surface area contributed by atoms with Crippen LogP contribution in [0.4, 0.5) is 0 Å². The van der Waals surface area contributed by atoms with Crippen molar-refractivity contribution in [3.63, 3.8) is 0 Å². The minimum absolute atomic E-state index is 0.149. The Morgan fingerprint density at radius 1 is 0.580 bits per heavy atom. The minimum Gasteiger partial charge on any atom is -0.545 e. The fourth-order valence-electron chi connectivity index (χ4n) is 5.53. The molecule has 0 aliphatic carbocycles. The second-order valence-corrected chi connectivity index (χ2v) is 14.9. The molecular weight excluding hydrogens is 634 g/mol. The molecule has 0 saturated carbocycles. The van der Waals surface area contributed by atoms with E-state index in [2.05, 4.69) is 26.0 Å². The molecule has 0 rings (SSSR count). The lowest BCUT2D eigenvalue weighted by Crippen LogP contribution is -2.44. The van der Waals surface area contributed by atoms with Gasteiger partial charge < -0.3 is 33.3 Å². The third-order valence-corrected chi connectivity index (χ3v) is 8.76. The molecule has 0 aromatic rings. The molecule has 0 aromatic carbocycles. The smallest absolute Gasteiger partial charge is 0.306 e. The molecule has 0 radical (unpaired) electrons. The van der Waals surface area contributed by atoms with Gasteiger partial charge in [-0.3, -0.25) is 9.59 Å². The SMILES string of the molecule is CCCCCCCCC/C=C\CCCCCCCCCC(=O)OC(COC(=O)CCCCCCCCC)COC(OCC[N+](C)(C)C)C(=O)[O-]. The first-order valence-corrected chi connectivity index (χ1v) is 20.3. The van der Waals surface area contributed by atoms with Crippen molar-refractivity contribution >= 4 is 17.9 Å². The number of allylic oxidation sites excluding steroid dienone is 2. The van der Waals surface area contributed by atoms with Gasteiger partial charge >= 0.3 is 11.9 Å². The number of ether oxygens (including phenoxy) is 4. The Hall–Kier alpha value is -1.97. The molecule has 0 aliphatic rings. The summed E-state index contributed by atoms with van der Waals surface area (Å²) in [5.74, 6) is -2.29. The van der Waals surface area contributed by atoms with Crippen LogP contribution in [0.2, 0.25) is 0 Å². The van der Waals surface area contributed by atoms with E-state index in [9.17, 15) is 19.5 Å². The molecule has 0 fully saturated rings. The van der Waals surface area contributed by atoms with Crippen molar-refractivity contribution in [3.8, 4) is 0 Å². The summed E-state index contributed by atoms with van der Waals surface area (Å²) in [5, 5.41) is 11.6. The Bertz CT molecular complexity index is 841. The molecule has 0 saturated heterocycles.